The molecular formula is C26H26N2O2. The van der Waals surface area contributed by atoms with Crippen molar-refractivity contribution in [2.75, 3.05) is 11.5 Å². The van der Waals surface area contributed by atoms with Crippen molar-refractivity contribution >= 4 is 16.9 Å². The third kappa shape index (κ3) is 4.49. The van der Waals surface area contributed by atoms with E-state index in [-0.39, 0.29) is 5.41 Å². The minimum Gasteiger partial charge on any atom is -0.462 e. The lowest BCUT2D eigenvalue weighted by molar-refractivity contribution is 0.344. The second kappa shape index (κ2) is 7.99. The maximum Gasteiger partial charge on any atom is 0.127 e. The number of rotatable bonds is 5. The van der Waals surface area contributed by atoms with Gasteiger partial charge in [-0.15, -0.1) is 0 Å². The third-order valence-corrected chi connectivity index (χ3v) is 5.19. The molecule has 0 unspecified atom stereocenters. The van der Waals surface area contributed by atoms with Gasteiger partial charge in [-0.05, 0) is 83.3 Å². The topological polar surface area (TPSA) is 70.5 Å². The van der Waals surface area contributed by atoms with Crippen LogP contribution in [0.5, 0.6) is 17.2 Å². The van der Waals surface area contributed by atoms with E-state index in [0.29, 0.717) is 0 Å². The van der Waals surface area contributed by atoms with E-state index in [9.17, 15) is 0 Å². The van der Waals surface area contributed by atoms with Crippen molar-refractivity contribution in [3.8, 4) is 17.2 Å². The maximum atomic E-state index is 6.06. The van der Waals surface area contributed by atoms with Gasteiger partial charge in [0.25, 0.3) is 0 Å². The average Bonchev–Trinajstić information content (AvgIpc) is 2.72. The van der Waals surface area contributed by atoms with Gasteiger partial charge in [0.1, 0.15) is 23.0 Å². The Morgan fingerprint density at radius 2 is 1.10 bits per heavy atom. The van der Waals surface area contributed by atoms with Gasteiger partial charge in [-0.2, -0.15) is 0 Å². The summed E-state index contributed by atoms with van der Waals surface area (Å²) in [6.07, 6.45) is 5.01. The molecule has 4 rings (SSSR count). The highest BCUT2D eigenvalue weighted by Gasteiger charge is 2.29. The molecule has 4 heteroatoms. The van der Waals surface area contributed by atoms with E-state index < -0.39 is 0 Å². The Bertz CT molecular complexity index is 1080. The summed E-state index contributed by atoms with van der Waals surface area (Å²) < 4.78 is 12.0. The molecule has 152 valence electrons. The van der Waals surface area contributed by atoms with Gasteiger partial charge in [0.05, 0.1) is 0 Å². The highest BCUT2D eigenvalue weighted by Crippen LogP contribution is 2.43. The summed E-state index contributed by atoms with van der Waals surface area (Å²) in [5, 5.41) is 0. The summed E-state index contributed by atoms with van der Waals surface area (Å²) in [4.78, 5) is 0. The lowest BCUT2D eigenvalue weighted by Crippen LogP contribution is -2.19. The molecule has 0 aromatic heterocycles. The molecule has 30 heavy (non-hydrogen) atoms. The van der Waals surface area contributed by atoms with Gasteiger partial charge in [-0.25, -0.2) is 0 Å². The van der Waals surface area contributed by atoms with Crippen LogP contribution in [-0.2, 0) is 0 Å². The molecule has 4 N–H and O–H groups in total. The van der Waals surface area contributed by atoms with Crippen LogP contribution in [0.1, 0.15) is 25.8 Å². The number of anilines is 2. The molecule has 4 nitrogen and oxygen atoms in total. The first kappa shape index (κ1) is 19.6. The van der Waals surface area contributed by atoms with Crippen molar-refractivity contribution in [2.45, 2.75) is 20.3 Å². The lowest BCUT2D eigenvalue weighted by Gasteiger charge is -2.32. The standard InChI is InChI=1S/C26H26N2O2/c1-26(2)17-24(30-23-13-7-20(28)8-14-23)15-16-25(26)18-3-9-21(10-4-18)29-22-11-5-19(27)6-12-22/h3-16H,17,27-28H2,1-2H3. The fourth-order valence-corrected chi connectivity index (χ4v) is 3.61. The van der Waals surface area contributed by atoms with Crippen molar-refractivity contribution in [1.29, 1.82) is 0 Å². The molecule has 3 aromatic rings. The van der Waals surface area contributed by atoms with E-state index in [1.54, 1.807) is 0 Å². The smallest absolute Gasteiger partial charge is 0.127 e. The van der Waals surface area contributed by atoms with Crippen LogP contribution in [0.25, 0.3) is 5.57 Å². The molecule has 0 bridgehead atoms. The largest absolute Gasteiger partial charge is 0.462 e. The Morgan fingerprint density at radius 3 is 1.60 bits per heavy atom. The summed E-state index contributed by atoms with van der Waals surface area (Å²) in [7, 11) is 0. The van der Waals surface area contributed by atoms with E-state index in [2.05, 4.69) is 38.1 Å². The number of nitrogen functional groups attached to an aromatic ring is 2. The normalized spacial score (nSPS) is 15.1. The Balaban J connectivity index is 1.50. The van der Waals surface area contributed by atoms with Crippen LogP contribution in [0.4, 0.5) is 11.4 Å². The molecule has 0 radical (unpaired) electrons. The Hall–Kier alpha value is -3.66. The third-order valence-electron chi connectivity index (χ3n) is 5.19. The van der Waals surface area contributed by atoms with E-state index in [4.69, 9.17) is 20.9 Å². The summed E-state index contributed by atoms with van der Waals surface area (Å²) in [5.41, 5.74) is 15.3. The predicted octanol–water partition coefficient (Wildman–Crippen LogP) is 6.42. The zero-order chi connectivity index (χ0) is 21.1. The number of benzene rings is 3. The molecule has 0 heterocycles. The molecule has 0 atom stereocenters. The minimum atomic E-state index is -0.0583. The first-order chi connectivity index (χ1) is 14.4. The van der Waals surface area contributed by atoms with Crippen LogP contribution in [0, 0.1) is 5.41 Å². The molecule has 0 spiro atoms. The molecule has 0 fully saturated rings. The molecule has 0 saturated carbocycles. The summed E-state index contributed by atoms with van der Waals surface area (Å²) in [6.45, 7) is 4.47. The van der Waals surface area contributed by atoms with Gasteiger partial charge in [0, 0.05) is 17.8 Å². The average molecular weight is 399 g/mol. The summed E-state index contributed by atoms with van der Waals surface area (Å²) in [6, 6.07) is 23.0. The maximum absolute atomic E-state index is 6.06. The number of hydrogen-bond donors (Lipinski definition) is 2. The Kier molecular flexibility index (Phi) is 5.23. The fraction of sp³-hybridized carbons (Fsp3) is 0.154. The van der Waals surface area contributed by atoms with Crippen molar-refractivity contribution in [3.63, 3.8) is 0 Å². The van der Waals surface area contributed by atoms with Crippen LogP contribution in [0.2, 0.25) is 0 Å². The van der Waals surface area contributed by atoms with Gasteiger partial charge < -0.3 is 20.9 Å². The van der Waals surface area contributed by atoms with Crippen molar-refractivity contribution in [2.24, 2.45) is 5.41 Å². The highest BCUT2D eigenvalue weighted by molar-refractivity contribution is 5.73. The molecule has 0 aliphatic heterocycles. The van der Waals surface area contributed by atoms with Crippen LogP contribution >= 0.6 is 0 Å². The zero-order valence-corrected chi connectivity index (χ0v) is 17.3. The van der Waals surface area contributed by atoms with Crippen LogP contribution in [-0.4, -0.2) is 0 Å². The van der Waals surface area contributed by atoms with Gasteiger partial charge >= 0.3 is 0 Å². The molecule has 0 saturated heterocycles. The van der Waals surface area contributed by atoms with Crippen molar-refractivity contribution in [1.82, 2.24) is 0 Å². The van der Waals surface area contributed by atoms with Gasteiger partial charge in [-0.1, -0.05) is 32.1 Å². The highest BCUT2D eigenvalue weighted by atomic mass is 16.5. The van der Waals surface area contributed by atoms with Crippen molar-refractivity contribution < 1.29 is 9.47 Å². The fourth-order valence-electron chi connectivity index (χ4n) is 3.61. The second-order valence-corrected chi connectivity index (χ2v) is 8.14. The second-order valence-electron chi connectivity index (χ2n) is 8.14. The number of hydrogen-bond acceptors (Lipinski definition) is 4. The Labute approximate surface area is 177 Å². The van der Waals surface area contributed by atoms with Gasteiger partial charge in [0.15, 0.2) is 0 Å². The summed E-state index contributed by atoms with van der Waals surface area (Å²) in [5.74, 6) is 3.30. The summed E-state index contributed by atoms with van der Waals surface area (Å²) >= 11 is 0. The molecule has 3 aromatic carbocycles. The first-order valence-corrected chi connectivity index (χ1v) is 9.98. The predicted molar refractivity (Wildman–Crippen MR) is 123 cm³/mol. The molecular weight excluding hydrogens is 372 g/mol. The van der Waals surface area contributed by atoms with E-state index >= 15 is 0 Å². The van der Waals surface area contributed by atoms with Crippen LogP contribution in [0.15, 0.2) is 90.7 Å². The van der Waals surface area contributed by atoms with E-state index in [1.165, 1.54) is 11.1 Å². The molecule has 1 aliphatic carbocycles. The van der Waals surface area contributed by atoms with E-state index in [0.717, 1.165) is 40.8 Å². The Morgan fingerprint density at radius 1 is 0.633 bits per heavy atom. The van der Waals surface area contributed by atoms with Gasteiger partial charge in [0.2, 0.25) is 0 Å². The monoisotopic (exact) mass is 398 g/mol. The van der Waals surface area contributed by atoms with Crippen molar-refractivity contribution in [3.05, 3.63) is 96.3 Å². The quantitative estimate of drug-likeness (QED) is 0.487. The first-order valence-electron chi connectivity index (χ1n) is 9.98. The molecule has 1 aliphatic rings. The lowest BCUT2D eigenvalue weighted by atomic mass is 9.74. The van der Waals surface area contributed by atoms with Crippen LogP contribution < -0.4 is 20.9 Å². The zero-order valence-electron chi connectivity index (χ0n) is 17.3. The number of ether oxygens (including phenoxy) is 2. The number of nitrogens with two attached hydrogens (primary N) is 2. The van der Waals surface area contributed by atoms with Gasteiger partial charge in [-0.3, -0.25) is 0 Å². The number of allylic oxidation sites excluding steroid dienone is 4. The SMILES string of the molecule is CC1(C)CC(Oc2ccc(N)cc2)=CC=C1c1ccc(Oc2ccc(N)cc2)cc1. The van der Waals surface area contributed by atoms with E-state index in [1.807, 2.05) is 60.7 Å². The minimum absolute atomic E-state index is 0.0583. The van der Waals surface area contributed by atoms with Crippen LogP contribution in [0.3, 0.4) is 0 Å². The molecule has 0 amide bonds.